The highest BCUT2D eigenvalue weighted by Gasteiger charge is 2.17. The van der Waals surface area contributed by atoms with Crippen molar-refractivity contribution in [2.24, 2.45) is 5.73 Å². The maximum absolute atomic E-state index is 12.6. The molecule has 0 saturated heterocycles. The molecule has 1 aromatic heterocycles. The molecule has 0 aliphatic heterocycles. The molecule has 28 heavy (non-hydrogen) atoms. The smallest absolute Gasteiger partial charge is 0.271 e. The van der Waals surface area contributed by atoms with Crippen LogP contribution in [-0.4, -0.2) is 21.6 Å². The highest BCUT2D eigenvalue weighted by atomic mass is 35.5. The number of rotatable bonds is 7. The molecule has 8 heteroatoms. The van der Waals surface area contributed by atoms with Gasteiger partial charge < -0.3 is 15.8 Å². The third kappa shape index (κ3) is 4.69. The van der Waals surface area contributed by atoms with E-state index in [1.165, 1.54) is 4.68 Å². The van der Waals surface area contributed by atoms with Crippen LogP contribution in [0.3, 0.4) is 0 Å². The minimum Gasteiger partial charge on any atom is -0.489 e. The molecule has 0 atom stereocenters. The number of nitrogens with one attached hydrogen (secondary N) is 1. The van der Waals surface area contributed by atoms with Crippen LogP contribution in [0.1, 0.15) is 33.3 Å². The van der Waals surface area contributed by atoms with Gasteiger partial charge in [0.05, 0.1) is 5.69 Å². The third-order valence-electron chi connectivity index (χ3n) is 3.98. The van der Waals surface area contributed by atoms with E-state index in [4.69, 9.17) is 22.1 Å². The van der Waals surface area contributed by atoms with Crippen LogP contribution in [0.5, 0.6) is 5.75 Å². The first-order valence-corrected chi connectivity index (χ1v) is 9.00. The minimum atomic E-state index is -0.701. The second-order valence-corrected chi connectivity index (χ2v) is 6.44. The fraction of sp³-hybridized carbons (Fsp3) is 0.150. The van der Waals surface area contributed by atoms with Gasteiger partial charge in [-0.25, -0.2) is 0 Å². The molecule has 3 rings (SSSR count). The molecule has 0 unspecified atom stereocenters. The zero-order valence-corrected chi connectivity index (χ0v) is 15.9. The molecule has 7 nitrogen and oxygen atoms in total. The standard InChI is InChI=1S/C20H19ClN4O3/c1-2-25-11-17(18(24-25)19(22)26)23-20(27)14-5-3-4-13(10-14)12-28-16-8-6-15(21)7-9-16/h3-11H,2,12H2,1H3,(H2,22,26)(H,23,27). The second-order valence-electron chi connectivity index (χ2n) is 6.01. The van der Waals surface area contributed by atoms with Gasteiger partial charge in [0.15, 0.2) is 5.69 Å². The van der Waals surface area contributed by atoms with Gasteiger partial charge in [-0.3, -0.25) is 14.3 Å². The SMILES string of the molecule is CCn1cc(NC(=O)c2cccc(COc3ccc(Cl)cc3)c2)c(C(N)=O)n1. The number of aromatic nitrogens is 2. The number of primary amides is 1. The molecule has 1 heterocycles. The molecule has 0 fully saturated rings. The molecule has 0 saturated carbocycles. The molecule has 3 aromatic rings. The summed E-state index contributed by atoms with van der Waals surface area (Å²) < 4.78 is 7.24. The Morgan fingerprint density at radius 3 is 2.64 bits per heavy atom. The van der Waals surface area contributed by atoms with Crippen molar-refractivity contribution in [3.8, 4) is 5.75 Å². The first-order valence-electron chi connectivity index (χ1n) is 8.62. The van der Waals surface area contributed by atoms with Crippen molar-refractivity contribution in [3.63, 3.8) is 0 Å². The van der Waals surface area contributed by atoms with Gasteiger partial charge in [0, 0.05) is 23.3 Å². The Hall–Kier alpha value is -3.32. The van der Waals surface area contributed by atoms with Crippen LogP contribution in [-0.2, 0) is 13.2 Å². The van der Waals surface area contributed by atoms with E-state index in [0.717, 1.165) is 5.56 Å². The van der Waals surface area contributed by atoms with Crippen LogP contribution in [0.4, 0.5) is 5.69 Å². The molecular weight excluding hydrogens is 380 g/mol. The lowest BCUT2D eigenvalue weighted by atomic mass is 10.1. The number of ether oxygens (including phenoxy) is 1. The number of hydrogen-bond donors (Lipinski definition) is 2. The number of halogens is 1. The molecule has 0 spiro atoms. The van der Waals surface area contributed by atoms with Crippen molar-refractivity contribution in [3.05, 3.63) is 76.6 Å². The lowest BCUT2D eigenvalue weighted by Crippen LogP contribution is -2.18. The zero-order valence-electron chi connectivity index (χ0n) is 15.2. The molecule has 3 N–H and O–H groups in total. The lowest BCUT2D eigenvalue weighted by Gasteiger charge is -2.08. The van der Waals surface area contributed by atoms with Gasteiger partial charge in [0.1, 0.15) is 12.4 Å². The van der Waals surface area contributed by atoms with Crippen molar-refractivity contribution in [1.29, 1.82) is 0 Å². The van der Waals surface area contributed by atoms with Gasteiger partial charge in [-0.2, -0.15) is 5.10 Å². The Bertz CT molecular complexity index is 999. The van der Waals surface area contributed by atoms with E-state index < -0.39 is 5.91 Å². The predicted octanol–water partition coefficient (Wildman–Crippen LogP) is 3.49. The predicted molar refractivity (Wildman–Crippen MR) is 107 cm³/mol. The average Bonchev–Trinajstić information content (AvgIpc) is 3.11. The van der Waals surface area contributed by atoms with Gasteiger partial charge in [-0.15, -0.1) is 0 Å². The highest BCUT2D eigenvalue weighted by Crippen LogP contribution is 2.18. The summed E-state index contributed by atoms with van der Waals surface area (Å²) in [6.45, 7) is 2.71. The minimum absolute atomic E-state index is 0.0254. The number of carbonyl (C=O) groups is 2. The van der Waals surface area contributed by atoms with Crippen molar-refractivity contribution in [2.75, 3.05) is 5.32 Å². The van der Waals surface area contributed by atoms with Gasteiger partial charge in [-0.05, 0) is 48.9 Å². The molecule has 144 valence electrons. The molecule has 0 radical (unpaired) electrons. The van der Waals surface area contributed by atoms with E-state index in [2.05, 4.69) is 10.4 Å². The van der Waals surface area contributed by atoms with Gasteiger partial charge in [0.25, 0.3) is 11.8 Å². The summed E-state index contributed by atoms with van der Waals surface area (Å²) >= 11 is 5.86. The van der Waals surface area contributed by atoms with Crippen LogP contribution >= 0.6 is 11.6 Å². The summed E-state index contributed by atoms with van der Waals surface area (Å²) in [6, 6.07) is 14.1. The monoisotopic (exact) mass is 398 g/mol. The molecule has 2 amide bonds. The third-order valence-corrected chi connectivity index (χ3v) is 4.23. The topological polar surface area (TPSA) is 99.2 Å². The summed E-state index contributed by atoms with van der Waals surface area (Å²) in [4.78, 5) is 24.1. The van der Waals surface area contributed by atoms with E-state index in [0.29, 0.717) is 29.5 Å². The number of anilines is 1. The Labute approximate surface area is 167 Å². The number of benzene rings is 2. The van der Waals surface area contributed by atoms with Crippen LogP contribution in [0.2, 0.25) is 5.02 Å². The quantitative estimate of drug-likeness (QED) is 0.636. The normalized spacial score (nSPS) is 10.5. The van der Waals surface area contributed by atoms with Crippen molar-refractivity contribution < 1.29 is 14.3 Å². The van der Waals surface area contributed by atoms with E-state index in [9.17, 15) is 9.59 Å². The summed E-state index contributed by atoms with van der Waals surface area (Å²) in [5.74, 6) is -0.392. The Balaban J connectivity index is 1.71. The van der Waals surface area contributed by atoms with E-state index >= 15 is 0 Å². The Morgan fingerprint density at radius 1 is 1.21 bits per heavy atom. The van der Waals surface area contributed by atoms with Crippen molar-refractivity contribution >= 4 is 29.1 Å². The Kier molecular flexibility index (Phi) is 5.96. The maximum Gasteiger partial charge on any atom is 0.271 e. The number of hydrogen-bond acceptors (Lipinski definition) is 4. The highest BCUT2D eigenvalue weighted by molar-refractivity contribution is 6.30. The number of aryl methyl sites for hydroxylation is 1. The lowest BCUT2D eigenvalue weighted by molar-refractivity contribution is 0.0995. The first-order chi connectivity index (χ1) is 13.5. The van der Waals surface area contributed by atoms with Crippen LogP contribution in [0.15, 0.2) is 54.7 Å². The van der Waals surface area contributed by atoms with Crippen molar-refractivity contribution in [1.82, 2.24) is 9.78 Å². The molecule has 2 aromatic carbocycles. The largest absolute Gasteiger partial charge is 0.489 e. The summed E-state index contributed by atoms with van der Waals surface area (Å²) in [5, 5.41) is 7.38. The fourth-order valence-corrected chi connectivity index (χ4v) is 2.68. The van der Waals surface area contributed by atoms with Gasteiger partial charge in [0.2, 0.25) is 0 Å². The molecule has 0 aliphatic rings. The Morgan fingerprint density at radius 2 is 1.96 bits per heavy atom. The van der Waals surface area contributed by atoms with Crippen LogP contribution < -0.4 is 15.8 Å². The van der Waals surface area contributed by atoms with E-state index in [-0.39, 0.29) is 17.3 Å². The van der Waals surface area contributed by atoms with Gasteiger partial charge in [-0.1, -0.05) is 23.7 Å². The fourth-order valence-electron chi connectivity index (χ4n) is 2.55. The summed E-state index contributed by atoms with van der Waals surface area (Å²) in [5.41, 5.74) is 6.89. The molecular formula is C20H19ClN4O3. The van der Waals surface area contributed by atoms with Crippen molar-refractivity contribution in [2.45, 2.75) is 20.1 Å². The van der Waals surface area contributed by atoms with Crippen LogP contribution in [0.25, 0.3) is 0 Å². The summed E-state index contributed by atoms with van der Waals surface area (Å²) in [6.07, 6.45) is 1.57. The zero-order chi connectivity index (χ0) is 20.1. The number of amides is 2. The van der Waals surface area contributed by atoms with E-state index in [1.807, 2.05) is 13.0 Å². The number of carbonyl (C=O) groups excluding carboxylic acids is 2. The number of nitrogens with zero attached hydrogens (tertiary/aromatic N) is 2. The summed E-state index contributed by atoms with van der Waals surface area (Å²) in [7, 11) is 0. The van der Waals surface area contributed by atoms with Gasteiger partial charge >= 0.3 is 0 Å². The second kappa shape index (κ2) is 8.58. The number of nitrogens with two attached hydrogens (primary N) is 1. The maximum atomic E-state index is 12.6. The van der Waals surface area contributed by atoms with Crippen LogP contribution in [0, 0.1) is 0 Å². The first kappa shape index (κ1) is 19.4. The molecule has 0 aliphatic carbocycles. The van der Waals surface area contributed by atoms with E-state index in [1.54, 1.807) is 48.7 Å². The molecule has 0 bridgehead atoms. The average molecular weight is 399 g/mol.